The number of allylic oxidation sites excluding steroid dienone is 2. The molecular formula is C14H21NO2. The van der Waals surface area contributed by atoms with Gasteiger partial charge in [-0.1, -0.05) is 25.0 Å². The summed E-state index contributed by atoms with van der Waals surface area (Å²) in [4.78, 5) is 14.6. The molecule has 94 valence electrons. The monoisotopic (exact) mass is 235 g/mol. The van der Waals surface area contributed by atoms with Crippen LogP contribution in [0.25, 0.3) is 0 Å². The van der Waals surface area contributed by atoms with Crippen LogP contribution < -0.4 is 0 Å². The number of hydrogen-bond acceptors (Lipinski definition) is 2. The van der Waals surface area contributed by atoms with E-state index in [4.69, 9.17) is 4.74 Å². The van der Waals surface area contributed by atoms with Gasteiger partial charge in [0, 0.05) is 12.5 Å². The standard InChI is InChI=1S/C14H21NO2/c16-14(11-5-1-2-6-11)15-9-10-17-13-8-4-3-7-12(13)15/h1-2,11-13H,3-10H2. The molecule has 1 heterocycles. The molecule has 2 atom stereocenters. The number of hydrogen-bond donors (Lipinski definition) is 0. The highest BCUT2D eigenvalue weighted by Crippen LogP contribution is 2.31. The van der Waals surface area contributed by atoms with Crippen LogP contribution in [0.4, 0.5) is 0 Å². The maximum atomic E-state index is 12.5. The van der Waals surface area contributed by atoms with Crippen LogP contribution in [0.2, 0.25) is 0 Å². The van der Waals surface area contributed by atoms with E-state index in [2.05, 4.69) is 17.1 Å². The Hall–Kier alpha value is -0.830. The van der Waals surface area contributed by atoms with Crippen LogP contribution in [0.5, 0.6) is 0 Å². The molecule has 0 N–H and O–H groups in total. The Bertz CT molecular complexity index is 316. The third kappa shape index (κ3) is 2.13. The van der Waals surface area contributed by atoms with Gasteiger partial charge in [0.2, 0.25) is 5.91 Å². The molecule has 3 rings (SSSR count). The van der Waals surface area contributed by atoms with E-state index in [9.17, 15) is 4.79 Å². The first-order valence-electron chi connectivity index (χ1n) is 6.93. The second-order valence-corrected chi connectivity index (χ2v) is 5.43. The summed E-state index contributed by atoms with van der Waals surface area (Å²) in [5.41, 5.74) is 0. The predicted molar refractivity (Wildman–Crippen MR) is 65.6 cm³/mol. The summed E-state index contributed by atoms with van der Waals surface area (Å²) in [6.07, 6.45) is 11.2. The van der Waals surface area contributed by atoms with E-state index >= 15 is 0 Å². The zero-order valence-corrected chi connectivity index (χ0v) is 10.3. The summed E-state index contributed by atoms with van der Waals surface area (Å²) in [5.74, 6) is 0.589. The van der Waals surface area contributed by atoms with Crippen LogP contribution in [0.1, 0.15) is 38.5 Å². The zero-order valence-electron chi connectivity index (χ0n) is 10.3. The minimum Gasteiger partial charge on any atom is -0.374 e. The van der Waals surface area contributed by atoms with E-state index in [0.29, 0.717) is 18.1 Å². The highest BCUT2D eigenvalue weighted by atomic mass is 16.5. The molecule has 0 radical (unpaired) electrons. The molecule has 0 aromatic rings. The van der Waals surface area contributed by atoms with Crippen molar-refractivity contribution in [3.63, 3.8) is 0 Å². The Morgan fingerprint density at radius 2 is 1.94 bits per heavy atom. The smallest absolute Gasteiger partial charge is 0.226 e. The van der Waals surface area contributed by atoms with Crippen LogP contribution in [0, 0.1) is 5.92 Å². The molecule has 1 saturated carbocycles. The number of amides is 1. The van der Waals surface area contributed by atoms with E-state index in [-0.39, 0.29) is 5.92 Å². The second-order valence-electron chi connectivity index (χ2n) is 5.43. The molecule has 0 bridgehead atoms. The van der Waals surface area contributed by atoms with Crippen molar-refractivity contribution in [1.29, 1.82) is 0 Å². The van der Waals surface area contributed by atoms with Crippen molar-refractivity contribution >= 4 is 5.91 Å². The van der Waals surface area contributed by atoms with E-state index < -0.39 is 0 Å². The van der Waals surface area contributed by atoms with Gasteiger partial charge in [-0.3, -0.25) is 4.79 Å². The predicted octanol–water partition coefficient (Wildman–Crippen LogP) is 2.12. The summed E-state index contributed by atoms with van der Waals surface area (Å²) in [5, 5.41) is 0. The zero-order chi connectivity index (χ0) is 11.7. The normalized spacial score (nSPS) is 33.8. The molecule has 0 aromatic heterocycles. The van der Waals surface area contributed by atoms with Gasteiger partial charge in [-0.25, -0.2) is 0 Å². The summed E-state index contributed by atoms with van der Waals surface area (Å²) in [7, 11) is 0. The van der Waals surface area contributed by atoms with E-state index in [0.717, 1.165) is 38.8 Å². The van der Waals surface area contributed by atoms with Gasteiger partial charge in [0.15, 0.2) is 0 Å². The minimum atomic E-state index is 0.218. The molecule has 3 nitrogen and oxygen atoms in total. The topological polar surface area (TPSA) is 29.5 Å². The van der Waals surface area contributed by atoms with Gasteiger partial charge >= 0.3 is 0 Å². The average molecular weight is 235 g/mol. The molecule has 17 heavy (non-hydrogen) atoms. The fourth-order valence-corrected chi connectivity index (χ4v) is 3.42. The minimum absolute atomic E-state index is 0.218. The summed E-state index contributed by atoms with van der Waals surface area (Å²) in [6.45, 7) is 1.53. The number of carbonyl (C=O) groups is 1. The van der Waals surface area contributed by atoms with Crippen molar-refractivity contribution in [2.45, 2.75) is 50.7 Å². The van der Waals surface area contributed by atoms with Crippen molar-refractivity contribution in [1.82, 2.24) is 4.90 Å². The maximum Gasteiger partial charge on any atom is 0.226 e. The first-order valence-corrected chi connectivity index (χ1v) is 6.93. The van der Waals surface area contributed by atoms with Gasteiger partial charge < -0.3 is 9.64 Å². The van der Waals surface area contributed by atoms with E-state index in [1.54, 1.807) is 0 Å². The highest BCUT2D eigenvalue weighted by Gasteiger charge is 2.38. The average Bonchev–Trinajstić information content (AvgIpc) is 2.91. The molecule has 1 aliphatic heterocycles. The lowest BCUT2D eigenvalue weighted by molar-refractivity contribution is -0.153. The number of fused-ring (bicyclic) bond motifs is 1. The Morgan fingerprint density at radius 3 is 2.76 bits per heavy atom. The number of carbonyl (C=O) groups excluding carboxylic acids is 1. The number of rotatable bonds is 1. The Balaban J connectivity index is 1.69. The van der Waals surface area contributed by atoms with Gasteiger partial charge in [-0.2, -0.15) is 0 Å². The number of ether oxygens (including phenoxy) is 1. The Kier molecular flexibility index (Phi) is 3.19. The Labute approximate surface area is 103 Å². The summed E-state index contributed by atoms with van der Waals surface area (Å²) in [6, 6.07) is 0.366. The number of morpholine rings is 1. The van der Waals surface area contributed by atoms with Crippen molar-refractivity contribution in [2.75, 3.05) is 13.2 Å². The van der Waals surface area contributed by atoms with Crippen LogP contribution >= 0.6 is 0 Å². The van der Waals surface area contributed by atoms with Gasteiger partial charge in [0.05, 0.1) is 18.8 Å². The third-order valence-corrected chi connectivity index (χ3v) is 4.37. The largest absolute Gasteiger partial charge is 0.374 e. The van der Waals surface area contributed by atoms with Gasteiger partial charge in [0.25, 0.3) is 0 Å². The third-order valence-electron chi connectivity index (χ3n) is 4.37. The molecule has 1 saturated heterocycles. The SMILES string of the molecule is O=C(C1CC=CC1)N1CCOC2CCCCC21. The molecule has 3 aliphatic rings. The molecule has 2 fully saturated rings. The fourth-order valence-electron chi connectivity index (χ4n) is 3.42. The lowest BCUT2D eigenvalue weighted by Gasteiger charge is -2.44. The highest BCUT2D eigenvalue weighted by molar-refractivity contribution is 5.80. The lowest BCUT2D eigenvalue weighted by atomic mass is 9.89. The molecular weight excluding hydrogens is 214 g/mol. The quantitative estimate of drug-likeness (QED) is 0.652. The molecule has 0 spiro atoms. The van der Waals surface area contributed by atoms with Crippen LogP contribution in [-0.2, 0) is 9.53 Å². The summed E-state index contributed by atoms with van der Waals surface area (Å²) < 4.78 is 5.82. The Morgan fingerprint density at radius 1 is 1.18 bits per heavy atom. The van der Waals surface area contributed by atoms with Gasteiger partial charge in [-0.05, 0) is 25.7 Å². The fraction of sp³-hybridized carbons (Fsp3) is 0.786. The lowest BCUT2D eigenvalue weighted by Crippen LogP contribution is -2.56. The molecule has 3 heteroatoms. The van der Waals surface area contributed by atoms with Crippen LogP contribution in [0.3, 0.4) is 0 Å². The maximum absolute atomic E-state index is 12.5. The molecule has 2 aliphatic carbocycles. The van der Waals surface area contributed by atoms with E-state index in [1.165, 1.54) is 12.8 Å². The van der Waals surface area contributed by atoms with Gasteiger partial charge in [0.1, 0.15) is 0 Å². The molecule has 1 amide bonds. The molecule has 0 aromatic carbocycles. The van der Waals surface area contributed by atoms with Crippen LogP contribution in [0.15, 0.2) is 12.2 Å². The van der Waals surface area contributed by atoms with Crippen LogP contribution in [-0.4, -0.2) is 36.1 Å². The first kappa shape index (κ1) is 11.3. The van der Waals surface area contributed by atoms with Crippen molar-refractivity contribution in [2.24, 2.45) is 5.92 Å². The van der Waals surface area contributed by atoms with Crippen molar-refractivity contribution in [3.8, 4) is 0 Å². The summed E-state index contributed by atoms with van der Waals surface area (Å²) >= 11 is 0. The molecule has 2 unspecified atom stereocenters. The number of nitrogens with zero attached hydrogens (tertiary/aromatic N) is 1. The van der Waals surface area contributed by atoms with Crippen molar-refractivity contribution < 1.29 is 9.53 Å². The van der Waals surface area contributed by atoms with Gasteiger partial charge in [-0.15, -0.1) is 0 Å². The van der Waals surface area contributed by atoms with E-state index in [1.807, 2.05) is 0 Å². The second kappa shape index (κ2) is 4.81. The first-order chi connectivity index (χ1) is 8.36. The van der Waals surface area contributed by atoms with Crippen molar-refractivity contribution in [3.05, 3.63) is 12.2 Å².